The number of amides is 4. The minimum atomic E-state index is -0.986. The van der Waals surface area contributed by atoms with E-state index in [9.17, 15) is 47.9 Å². The van der Waals surface area contributed by atoms with Crippen LogP contribution in [0.2, 0.25) is 0 Å². The number of hydrogen-bond donors (Lipinski definition) is 4. The molecule has 6 atom stereocenters. The van der Waals surface area contributed by atoms with E-state index >= 15 is 0 Å². The van der Waals surface area contributed by atoms with Crippen LogP contribution in [0.3, 0.4) is 0 Å². The Morgan fingerprint density at radius 1 is 0.596 bits per heavy atom. The molecule has 0 aromatic carbocycles. The van der Waals surface area contributed by atoms with Gasteiger partial charge >= 0.3 is 35.8 Å². The summed E-state index contributed by atoms with van der Waals surface area (Å²) in [6, 6.07) is 0. The van der Waals surface area contributed by atoms with Crippen LogP contribution >= 0.6 is 58.3 Å². The van der Waals surface area contributed by atoms with E-state index in [-0.39, 0.29) is 113 Å². The molecule has 501 valence electrons. The SMILES string of the molecule is C=C(C)CC(C)(C)CC(C)(C)C.C=C(CC1CC(=O)OC1=O)CC(C)(C)CC(C)(C)C.C=C(CC1CC(=O)OC1=O)CC(C)(C)CC(C)(C)C.NCCNCCN.O=C1C=CC(=O)O1.[B]P(I)C1CC(=O)N(CCNCCN2C(=O)CC(P[B]I)C2=O)C1=O. The molecule has 0 bridgehead atoms. The highest BCUT2D eigenvalue weighted by Crippen LogP contribution is 2.49. The largest absolute Gasteiger partial charge is 0.393 e. The normalized spacial score (nSPS) is 19.9. The van der Waals surface area contributed by atoms with Gasteiger partial charge in [0, 0.05) is 77.4 Å². The van der Waals surface area contributed by atoms with Gasteiger partial charge in [-0.2, -0.15) is 22.4 Å². The first-order valence-electron chi connectivity index (χ1n) is 30.4. The van der Waals surface area contributed by atoms with Gasteiger partial charge in [0.25, 0.3) is 0 Å². The third kappa shape index (κ3) is 39.3. The minimum Gasteiger partial charge on any atom is -0.393 e. The minimum absolute atomic E-state index is 0.107. The van der Waals surface area contributed by atoms with E-state index in [1.54, 1.807) is 0 Å². The first-order valence-corrected chi connectivity index (χ1v) is 37.1. The van der Waals surface area contributed by atoms with Crippen molar-refractivity contribution >= 4 is 130 Å². The van der Waals surface area contributed by atoms with Crippen LogP contribution in [0.5, 0.6) is 0 Å². The number of carbonyl (C=O) groups excluding carboxylic acids is 10. The Kier molecular flexibility index (Phi) is 38.9. The summed E-state index contributed by atoms with van der Waals surface area (Å²) in [7, 11) is 6.14. The second kappa shape index (κ2) is 40.3. The molecule has 5 aliphatic heterocycles. The first-order chi connectivity index (χ1) is 40.7. The number of esters is 6. The summed E-state index contributed by atoms with van der Waals surface area (Å²) in [5, 5.41) is 6.12. The molecule has 0 spiro atoms. The monoisotopic (exact) mass is 1510 g/mol. The molecule has 3 radical (unpaired) electrons. The zero-order valence-corrected chi connectivity index (χ0v) is 62.7. The first kappa shape index (κ1) is 85.9. The average Bonchev–Trinajstić information content (AvgIpc) is 4.37. The van der Waals surface area contributed by atoms with Crippen molar-refractivity contribution in [3.63, 3.8) is 0 Å². The Balaban J connectivity index is 0.00000110. The lowest BCUT2D eigenvalue weighted by Gasteiger charge is -2.33. The van der Waals surface area contributed by atoms with Crippen molar-refractivity contribution in [3.8, 4) is 0 Å². The number of likely N-dealkylation sites (tertiary alicyclic amines) is 2. The molecule has 0 aromatic rings. The summed E-state index contributed by atoms with van der Waals surface area (Å²) < 4.78 is 13.1. The van der Waals surface area contributed by atoms with Gasteiger partial charge in [-0.25, -0.2) is 9.59 Å². The number of allylic oxidation sites excluding steroid dienone is 3. The van der Waals surface area contributed by atoms with E-state index in [0.29, 0.717) is 64.9 Å². The lowest BCUT2D eigenvalue weighted by Crippen LogP contribution is -2.41. The van der Waals surface area contributed by atoms with Gasteiger partial charge in [-0.15, -0.1) is 15.0 Å². The Morgan fingerprint density at radius 2 is 0.955 bits per heavy atom. The number of halogens is 2. The van der Waals surface area contributed by atoms with Crippen molar-refractivity contribution in [2.24, 2.45) is 55.8 Å². The van der Waals surface area contributed by atoms with E-state index in [0.717, 1.165) is 68.5 Å². The maximum atomic E-state index is 12.1. The fourth-order valence-electron chi connectivity index (χ4n) is 12.2. The van der Waals surface area contributed by atoms with Gasteiger partial charge in [0.1, 0.15) is 7.57 Å². The number of ether oxygens (including phenoxy) is 3. The predicted octanol–water partition coefficient (Wildman–Crippen LogP) is 10.7. The molecule has 0 aromatic heterocycles. The molecule has 0 saturated carbocycles. The molecule has 4 saturated heterocycles. The molecule has 4 amide bonds. The number of nitrogens with two attached hydrogens (primary N) is 2. The number of rotatable bonds is 26. The van der Waals surface area contributed by atoms with Gasteiger partial charge in [0.2, 0.25) is 28.5 Å². The molecule has 19 nitrogen and oxygen atoms in total. The van der Waals surface area contributed by atoms with Gasteiger partial charge < -0.3 is 36.3 Å². The van der Waals surface area contributed by atoms with Crippen LogP contribution in [0.15, 0.2) is 48.6 Å². The molecular formula is C64H107B2I2N6O13P2. The number of cyclic esters (lactones) is 6. The van der Waals surface area contributed by atoms with Crippen LogP contribution in [0, 0.1) is 44.3 Å². The molecule has 89 heavy (non-hydrogen) atoms. The summed E-state index contributed by atoms with van der Waals surface area (Å²) in [5.74, 6) is -3.99. The quantitative estimate of drug-likeness (QED) is 0.00721. The Morgan fingerprint density at radius 3 is 1.25 bits per heavy atom. The van der Waals surface area contributed by atoms with Crippen LogP contribution in [0.4, 0.5) is 0 Å². The van der Waals surface area contributed by atoms with Gasteiger partial charge in [0.15, 0.2) is 0 Å². The highest BCUT2D eigenvalue weighted by atomic mass is 127. The van der Waals surface area contributed by atoms with E-state index in [1.807, 2.05) is 26.9 Å². The van der Waals surface area contributed by atoms with Crippen LogP contribution in [0.1, 0.15) is 188 Å². The molecule has 6 unspecified atom stereocenters. The predicted molar refractivity (Wildman–Crippen MR) is 377 cm³/mol. The van der Waals surface area contributed by atoms with Gasteiger partial charge in [-0.3, -0.25) is 48.2 Å². The molecule has 5 heterocycles. The fourth-order valence-corrected chi connectivity index (χ4v) is 16.2. The molecule has 25 heteroatoms. The van der Waals surface area contributed by atoms with Crippen LogP contribution in [0.25, 0.3) is 0 Å². The second-order valence-electron chi connectivity index (χ2n) is 29.5. The fraction of sp³-hybridized carbons (Fsp3) is 0.719. The smallest absolute Gasteiger partial charge is 0.338 e. The molecular weight excluding hydrogens is 1400 g/mol. The van der Waals surface area contributed by atoms with Gasteiger partial charge in [-0.05, 0) is 90.8 Å². The van der Waals surface area contributed by atoms with Crippen LogP contribution < -0.4 is 22.1 Å². The van der Waals surface area contributed by atoms with Crippen LogP contribution in [-0.2, 0) is 62.2 Å². The highest BCUT2D eigenvalue weighted by molar-refractivity contribution is 14.2. The summed E-state index contributed by atoms with van der Waals surface area (Å²) >= 11 is 4.11. The van der Waals surface area contributed by atoms with E-state index < -0.39 is 29.3 Å². The summed E-state index contributed by atoms with van der Waals surface area (Å²) in [5.41, 5.74) is 13.8. The number of hydrogen-bond acceptors (Lipinski definition) is 17. The van der Waals surface area contributed by atoms with Crippen molar-refractivity contribution < 1.29 is 62.2 Å². The van der Waals surface area contributed by atoms with E-state index in [2.05, 4.69) is 178 Å². The number of nitrogens with zero attached hydrogens (tertiary/aromatic N) is 2. The number of nitrogens with one attached hydrogen (secondary N) is 2. The molecule has 6 N–H and O–H groups in total. The third-order valence-electron chi connectivity index (χ3n) is 13.5. The maximum Gasteiger partial charge on any atom is 0.338 e. The highest BCUT2D eigenvalue weighted by Gasteiger charge is 2.41. The van der Waals surface area contributed by atoms with Crippen molar-refractivity contribution in [2.75, 3.05) is 52.4 Å². The summed E-state index contributed by atoms with van der Waals surface area (Å²) in [6.07, 6.45) is 10.5. The summed E-state index contributed by atoms with van der Waals surface area (Å²) in [6.45, 7) is 52.6. The lowest BCUT2D eigenvalue weighted by atomic mass is 9.72. The van der Waals surface area contributed by atoms with Crippen molar-refractivity contribution in [3.05, 3.63) is 48.6 Å². The maximum absolute atomic E-state index is 12.1. The average molecular weight is 1510 g/mol. The molecule has 4 fully saturated rings. The van der Waals surface area contributed by atoms with Gasteiger partial charge in [-0.1, -0.05) is 161 Å². The van der Waals surface area contributed by atoms with Crippen LogP contribution in [-0.4, -0.2) is 145 Å². The second-order valence-corrected chi connectivity index (χ2v) is 37.3. The molecule has 5 aliphatic rings. The van der Waals surface area contributed by atoms with E-state index in [1.165, 1.54) is 21.8 Å². The van der Waals surface area contributed by atoms with Gasteiger partial charge in [0.05, 0.1) is 36.0 Å². The number of imide groups is 2. The molecule has 0 aliphatic carbocycles. The molecule has 5 rings (SSSR count). The number of carbonyl (C=O) groups is 10. The Hall–Kier alpha value is -3.05. The third-order valence-corrected chi connectivity index (χ3v) is 18.6. The topological polar surface area (TPSA) is 281 Å². The Bertz CT molecular complexity index is 2390. The summed E-state index contributed by atoms with van der Waals surface area (Å²) in [4.78, 5) is 117. The lowest BCUT2D eigenvalue weighted by molar-refractivity contribution is -0.154. The van der Waals surface area contributed by atoms with Crippen molar-refractivity contribution in [1.82, 2.24) is 20.4 Å². The van der Waals surface area contributed by atoms with Crippen molar-refractivity contribution in [2.45, 2.75) is 199 Å². The Labute approximate surface area is 564 Å². The van der Waals surface area contributed by atoms with E-state index in [4.69, 9.17) is 19.0 Å². The zero-order chi connectivity index (χ0) is 69.1. The zero-order valence-electron chi connectivity index (χ0n) is 56.4. The van der Waals surface area contributed by atoms with Crippen molar-refractivity contribution in [1.29, 1.82) is 0 Å². The standard InChI is InChI=1S/2C16H26O3.C12H16B2I2N3O4P2.C12H24.C4H13N3.C4H2O3/c2*1-11(7-12-8-13(17)19-14(12)18)9-16(5,6)10-15(2,3)4;13-25(16)8-6-10(21)19(12(8)23)4-2-17-1-3-18-9(20)5-7(11(18)22)24-14-15;1-10(2)8-12(6,7)9-11(3,4)5;5-1-3-7-4-2-6;5-3-1-2-4(6)7-3/h2*12H,1,7-10H2,2-6H3;7-8,17,24H,1-6H2;1,8-9H2,2-7H3;7H,1-6H2;1-2H.